The van der Waals surface area contributed by atoms with Crippen molar-refractivity contribution in [2.45, 2.75) is 26.8 Å². The number of aliphatic imine (C=N–C) groups is 1. The molecule has 0 aromatic heterocycles. The van der Waals surface area contributed by atoms with Crippen molar-refractivity contribution in [1.29, 1.82) is 0 Å². The zero-order valence-corrected chi connectivity index (χ0v) is 11.8. The van der Waals surface area contributed by atoms with Gasteiger partial charge in [-0.05, 0) is 30.0 Å². The molecule has 104 valence electrons. The van der Waals surface area contributed by atoms with Gasteiger partial charge in [0.15, 0.2) is 5.96 Å². The Hall–Kier alpha value is -1.71. The van der Waals surface area contributed by atoms with Crippen LogP contribution in [0.3, 0.4) is 0 Å². The van der Waals surface area contributed by atoms with Crippen LogP contribution >= 0.6 is 0 Å². The molecule has 0 fully saturated rings. The standard InChI is InChI=1S/C15H23N3O/c1-12(2)11-19-14-6-4-13(5-7-14)10-18-15-16-8-3-9-17-15/h4-7,12H,3,8-11H2,1-2H3,(H2,16,17,18). The summed E-state index contributed by atoms with van der Waals surface area (Å²) in [5.74, 6) is 2.40. The third-order valence-electron chi connectivity index (χ3n) is 2.86. The predicted octanol–water partition coefficient (Wildman–Crippen LogP) is 2.16. The molecule has 0 saturated carbocycles. The van der Waals surface area contributed by atoms with Crippen LogP contribution in [0.5, 0.6) is 5.75 Å². The lowest BCUT2D eigenvalue weighted by molar-refractivity contribution is 0.271. The molecular weight excluding hydrogens is 238 g/mol. The predicted molar refractivity (Wildman–Crippen MR) is 78.5 cm³/mol. The van der Waals surface area contributed by atoms with E-state index in [1.54, 1.807) is 0 Å². The highest BCUT2D eigenvalue weighted by atomic mass is 16.5. The van der Waals surface area contributed by atoms with Crippen LogP contribution < -0.4 is 15.4 Å². The average Bonchev–Trinajstić information content (AvgIpc) is 2.45. The number of hydrogen-bond acceptors (Lipinski definition) is 4. The van der Waals surface area contributed by atoms with Crippen LogP contribution in [0.1, 0.15) is 25.8 Å². The zero-order chi connectivity index (χ0) is 13.5. The minimum atomic E-state index is 0.553. The van der Waals surface area contributed by atoms with Gasteiger partial charge in [-0.1, -0.05) is 26.0 Å². The molecule has 0 bridgehead atoms. The Bertz CT molecular complexity index is 412. The summed E-state index contributed by atoms with van der Waals surface area (Å²) in [5.41, 5.74) is 1.23. The number of rotatable bonds is 5. The average molecular weight is 261 g/mol. The fraction of sp³-hybridized carbons (Fsp3) is 0.533. The first-order chi connectivity index (χ1) is 9.24. The van der Waals surface area contributed by atoms with Crippen molar-refractivity contribution in [3.63, 3.8) is 0 Å². The third kappa shape index (κ3) is 4.81. The van der Waals surface area contributed by atoms with E-state index in [-0.39, 0.29) is 0 Å². The maximum absolute atomic E-state index is 5.66. The van der Waals surface area contributed by atoms with E-state index in [0.717, 1.165) is 44.4 Å². The first kappa shape index (κ1) is 13.7. The molecule has 0 unspecified atom stereocenters. The van der Waals surface area contributed by atoms with Gasteiger partial charge in [0.25, 0.3) is 0 Å². The number of benzene rings is 1. The highest BCUT2D eigenvalue weighted by Crippen LogP contribution is 2.13. The van der Waals surface area contributed by atoms with Crippen LogP contribution in [-0.2, 0) is 6.54 Å². The van der Waals surface area contributed by atoms with E-state index in [0.29, 0.717) is 5.92 Å². The molecule has 1 aliphatic rings. The molecule has 0 radical (unpaired) electrons. The lowest BCUT2D eigenvalue weighted by atomic mass is 10.2. The van der Waals surface area contributed by atoms with Gasteiger partial charge in [0.1, 0.15) is 5.75 Å². The SMILES string of the molecule is CC(C)COc1ccc(CNC2=NCCCN2)cc1. The second-order valence-electron chi connectivity index (χ2n) is 5.21. The molecule has 1 heterocycles. The van der Waals surface area contributed by atoms with Crippen LogP contribution in [0.4, 0.5) is 0 Å². The molecule has 2 N–H and O–H groups in total. The van der Waals surface area contributed by atoms with Gasteiger partial charge in [-0.3, -0.25) is 4.99 Å². The van der Waals surface area contributed by atoms with Crippen molar-refractivity contribution in [2.75, 3.05) is 19.7 Å². The van der Waals surface area contributed by atoms with E-state index in [4.69, 9.17) is 4.74 Å². The summed E-state index contributed by atoms with van der Waals surface area (Å²) >= 11 is 0. The smallest absolute Gasteiger partial charge is 0.191 e. The highest BCUT2D eigenvalue weighted by molar-refractivity contribution is 5.80. The maximum atomic E-state index is 5.66. The maximum Gasteiger partial charge on any atom is 0.191 e. The highest BCUT2D eigenvalue weighted by Gasteiger charge is 2.03. The molecule has 0 amide bonds. The van der Waals surface area contributed by atoms with E-state index in [9.17, 15) is 0 Å². The molecule has 4 heteroatoms. The molecule has 1 aromatic rings. The number of guanidine groups is 1. The van der Waals surface area contributed by atoms with Crippen LogP contribution in [0.25, 0.3) is 0 Å². The molecule has 0 aliphatic carbocycles. The van der Waals surface area contributed by atoms with Gasteiger partial charge in [0, 0.05) is 19.6 Å². The van der Waals surface area contributed by atoms with Crippen molar-refractivity contribution in [2.24, 2.45) is 10.9 Å². The van der Waals surface area contributed by atoms with Crippen LogP contribution in [-0.4, -0.2) is 25.7 Å². The minimum absolute atomic E-state index is 0.553. The molecule has 1 aliphatic heterocycles. The lowest BCUT2D eigenvalue weighted by Crippen LogP contribution is -2.40. The Kier molecular flexibility index (Phi) is 5.07. The number of nitrogens with one attached hydrogen (secondary N) is 2. The van der Waals surface area contributed by atoms with E-state index < -0.39 is 0 Å². The third-order valence-corrected chi connectivity index (χ3v) is 2.86. The summed E-state index contributed by atoms with van der Waals surface area (Å²) in [5, 5.41) is 6.55. The first-order valence-electron chi connectivity index (χ1n) is 6.98. The van der Waals surface area contributed by atoms with Gasteiger partial charge >= 0.3 is 0 Å². The van der Waals surface area contributed by atoms with Gasteiger partial charge in [-0.25, -0.2) is 0 Å². The van der Waals surface area contributed by atoms with Crippen molar-refractivity contribution >= 4 is 5.96 Å². The second-order valence-corrected chi connectivity index (χ2v) is 5.21. The Morgan fingerprint density at radius 3 is 2.74 bits per heavy atom. The van der Waals surface area contributed by atoms with Gasteiger partial charge in [-0.15, -0.1) is 0 Å². The van der Waals surface area contributed by atoms with Gasteiger partial charge in [0.05, 0.1) is 6.61 Å². The molecular formula is C15H23N3O. The number of ether oxygens (including phenoxy) is 1. The quantitative estimate of drug-likeness (QED) is 0.854. The summed E-state index contributed by atoms with van der Waals surface area (Å²) in [4.78, 5) is 4.38. The molecule has 0 atom stereocenters. The fourth-order valence-corrected chi connectivity index (χ4v) is 1.80. The molecule has 4 nitrogen and oxygen atoms in total. The molecule has 0 spiro atoms. The summed E-state index contributed by atoms with van der Waals surface area (Å²) in [6, 6.07) is 8.23. The van der Waals surface area contributed by atoms with Gasteiger partial charge in [-0.2, -0.15) is 0 Å². The first-order valence-corrected chi connectivity index (χ1v) is 6.98. The molecule has 2 rings (SSSR count). The molecule has 0 saturated heterocycles. The zero-order valence-electron chi connectivity index (χ0n) is 11.8. The molecule has 1 aromatic carbocycles. The van der Waals surface area contributed by atoms with E-state index in [2.05, 4.69) is 41.6 Å². The van der Waals surface area contributed by atoms with Gasteiger partial charge < -0.3 is 15.4 Å². The van der Waals surface area contributed by atoms with E-state index >= 15 is 0 Å². The van der Waals surface area contributed by atoms with Crippen molar-refractivity contribution in [3.8, 4) is 5.75 Å². The fourth-order valence-electron chi connectivity index (χ4n) is 1.80. The van der Waals surface area contributed by atoms with Crippen molar-refractivity contribution in [1.82, 2.24) is 10.6 Å². The Morgan fingerprint density at radius 2 is 2.11 bits per heavy atom. The van der Waals surface area contributed by atoms with Gasteiger partial charge in [0.2, 0.25) is 0 Å². The van der Waals surface area contributed by atoms with Crippen LogP contribution in [0.2, 0.25) is 0 Å². The normalized spacial score (nSPS) is 14.8. The Balaban J connectivity index is 1.79. The summed E-state index contributed by atoms with van der Waals surface area (Å²) in [6.07, 6.45) is 1.12. The second kappa shape index (κ2) is 7.02. The van der Waals surface area contributed by atoms with Crippen LogP contribution in [0.15, 0.2) is 29.3 Å². The van der Waals surface area contributed by atoms with Crippen molar-refractivity contribution < 1.29 is 4.74 Å². The summed E-state index contributed by atoms with van der Waals surface area (Å²) < 4.78 is 5.66. The van der Waals surface area contributed by atoms with Crippen molar-refractivity contribution in [3.05, 3.63) is 29.8 Å². The number of nitrogens with zero attached hydrogens (tertiary/aromatic N) is 1. The summed E-state index contributed by atoms with van der Waals surface area (Å²) in [7, 11) is 0. The van der Waals surface area contributed by atoms with E-state index in [1.165, 1.54) is 5.56 Å². The van der Waals surface area contributed by atoms with Crippen LogP contribution in [0, 0.1) is 5.92 Å². The Morgan fingerprint density at radius 1 is 1.32 bits per heavy atom. The summed E-state index contributed by atoms with van der Waals surface area (Å²) in [6.45, 7) is 7.77. The topological polar surface area (TPSA) is 45.6 Å². The van der Waals surface area contributed by atoms with E-state index in [1.807, 2.05) is 12.1 Å². The number of hydrogen-bond donors (Lipinski definition) is 2. The molecule has 19 heavy (non-hydrogen) atoms. The largest absolute Gasteiger partial charge is 0.493 e. The minimum Gasteiger partial charge on any atom is -0.493 e. The lowest BCUT2D eigenvalue weighted by Gasteiger charge is -2.16. The Labute approximate surface area is 115 Å². The monoisotopic (exact) mass is 261 g/mol.